The van der Waals surface area contributed by atoms with E-state index >= 15 is 0 Å². The summed E-state index contributed by atoms with van der Waals surface area (Å²) in [6.07, 6.45) is 8.13. The molecule has 1 fully saturated rings. The van der Waals surface area contributed by atoms with Gasteiger partial charge >= 0.3 is 0 Å². The smallest absolute Gasteiger partial charge is 0.244 e. The molecule has 0 atom stereocenters. The van der Waals surface area contributed by atoms with E-state index in [1.807, 2.05) is 17.9 Å². The Bertz CT molecular complexity index is 885. The molecule has 0 aliphatic carbocycles. The Morgan fingerprint density at radius 3 is 2.59 bits per heavy atom. The molecule has 3 rings (SSSR count). The number of likely N-dealkylation sites (tertiary alicyclic amines) is 1. The molecule has 2 heterocycles. The fraction of sp³-hybridized carbons (Fsp3) is 0.500. The molecule has 0 bridgehead atoms. The highest BCUT2D eigenvalue weighted by Crippen LogP contribution is 2.25. The van der Waals surface area contributed by atoms with Crippen LogP contribution in [0.5, 0.6) is 0 Å². The zero-order chi connectivity index (χ0) is 19.3. The molecule has 27 heavy (non-hydrogen) atoms. The molecule has 7 heteroatoms. The van der Waals surface area contributed by atoms with E-state index in [9.17, 15) is 13.2 Å². The molecule has 1 saturated heterocycles. The van der Waals surface area contributed by atoms with Gasteiger partial charge in [0.05, 0.1) is 11.4 Å². The van der Waals surface area contributed by atoms with E-state index in [1.165, 1.54) is 4.31 Å². The lowest BCUT2D eigenvalue weighted by molar-refractivity contribution is -0.131. The van der Waals surface area contributed by atoms with Crippen molar-refractivity contribution < 1.29 is 13.2 Å². The minimum Gasteiger partial charge on any atom is -0.342 e. The number of benzene rings is 1. The first-order valence-corrected chi connectivity index (χ1v) is 11.1. The van der Waals surface area contributed by atoms with Crippen LogP contribution in [0.25, 0.3) is 10.8 Å². The molecular weight excluding hydrogens is 362 g/mol. The number of nitrogens with zero attached hydrogens (tertiary/aromatic N) is 3. The second-order valence-electron chi connectivity index (χ2n) is 6.99. The zero-order valence-corrected chi connectivity index (χ0v) is 16.6. The van der Waals surface area contributed by atoms with E-state index in [2.05, 4.69) is 4.98 Å². The predicted molar refractivity (Wildman–Crippen MR) is 106 cm³/mol. The van der Waals surface area contributed by atoms with Crippen molar-refractivity contribution in [2.75, 3.05) is 26.2 Å². The lowest BCUT2D eigenvalue weighted by Crippen LogP contribution is -2.43. The first kappa shape index (κ1) is 19.8. The number of hydrogen-bond acceptors (Lipinski definition) is 4. The lowest BCUT2D eigenvalue weighted by Gasteiger charge is -2.26. The molecule has 1 amide bonds. The SMILES string of the molecule is CCCN(CC(=O)N1CCCCCC1)S(=O)(=O)c1cccc2cnccc12. The normalized spacial score (nSPS) is 15.9. The van der Waals surface area contributed by atoms with Gasteiger partial charge in [-0.05, 0) is 31.4 Å². The van der Waals surface area contributed by atoms with Crippen molar-refractivity contribution in [1.29, 1.82) is 0 Å². The molecule has 6 nitrogen and oxygen atoms in total. The van der Waals surface area contributed by atoms with Crippen LogP contribution >= 0.6 is 0 Å². The second kappa shape index (κ2) is 8.80. The maximum absolute atomic E-state index is 13.4. The molecule has 1 aromatic carbocycles. The van der Waals surface area contributed by atoms with Crippen molar-refractivity contribution in [3.05, 3.63) is 36.7 Å². The predicted octanol–water partition coefficient (Wildman–Crippen LogP) is 3.04. The first-order chi connectivity index (χ1) is 13.0. The average Bonchev–Trinajstić information content (AvgIpc) is 2.96. The third kappa shape index (κ3) is 4.47. The third-order valence-electron chi connectivity index (χ3n) is 5.00. The number of sulfonamides is 1. The lowest BCUT2D eigenvalue weighted by atomic mass is 10.2. The number of pyridine rings is 1. The largest absolute Gasteiger partial charge is 0.342 e. The number of amides is 1. The summed E-state index contributed by atoms with van der Waals surface area (Å²) >= 11 is 0. The Hall–Kier alpha value is -1.99. The number of carbonyl (C=O) groups excluding carboxylic acids is 1. The monoisotopic (exact) mass is 389 g/mol. The zero-order valence-electron chi connectivity index (χ0n) is 15.8. The highest BCUT2D eigenvalue weighted by Gasteiger charge is 2.29. The van der Waals surface area contributed by atoms with Gasteiger partial charge in [0.2, 0.25) is 15.9 Å². The highest BCUT2D eigenvalue weighted by atomic mass is 32.2. The van der Waals surface area contributed by atoms with Gasteiger partial charge in [0.15, 0.2) is 0 Å². The van der Waals surface area contributed by atoms with E-state index in [1.54, 1.807) is 30.6 Å². The average molecular weight is 390 g/mol. The van der Waals surface area contributed by atoms with E-state index < -0.39 is 10.0 Å². The van der Waals surface area contributed by atoms with Gasteiger partial charge in [0.1, 0.15) is 0 Å². The summed E-state index contributed by atoms with van der Waals surface area (Å²) in [7, 11) is -3.77. The van der Waals surface area contributed by atoms with Gasteiger partial charge in [-0.15, -0.1) is 0 Å². The topological polar surface area (TPSA) is 70.6 Å². The number of rotatable bonds is 6. The van der Waals surface area contributed by atoms with Gasteiger partial charge in [0, 0.05) is 42.8 Å². The van der Waals surface area contributed by atoms with E-state index in [-0.39, 0.29) is 17.3 Å². The van der Waals surface area contributed by atoms with Crippen LogP contribution < -0.4 is 0 Å². The molecule has 1 aromatic heterocycles. The van der Waals surface area contributed by atoms with Gasteiger partial charge in [-0.2, -0.15) is 4.31 Å². The summed E-state index contributed by atoms with van der Waals surface area (Å²) in [5, 5.41) is 1.41. The Balaban J connectivity index is 1.89. The number of carbonyl (C=O) groups is 1. The van der Waals surface area contributed by atoms with Crippen LogP contribution in [0.15, 0.2) is 41.6 Å². The van der Waals surface area contributed by atoms with Crippen molar-refractivity contribution in [1.82, 2.24) is 14.2 Å². The van der Waals surface area contributed by atoms with Gasteiger partial charge < -0.3 is 4.90 Å². The van der Waals surface area contributed by atoms with E-state index in [4.69, 9.17) is 0 Å². The maximum atomic E-state index is 13.4. The van der Waals surface area contributed by atoms with Crippen LogP contribution in [0.3, 0.4) is 0 Å². The Morgan fingerprint density at radius 2 is 1.89 bits per heavy atom. The number of hydrogen-bond donors (Lipinski definition) is 0. The fourth-order valence-electron chi connectivity index (χ4n) is 3.56. The third-order valence-corrected chi connectivity index (χ3v) is 6.91. The molecule has 2 aromatic rings. The molecule has 0 N–H and O–H groups in total. The minimum absolute atomic E-state index is 0.0996. The van der Waals surface area contributed by atoms with Crippen LogP contribution in [0.1, 0.15) is 39.0 Å². The molecule has 0 saturated carbocycles. The van der Waals surface area contributed by atoms with Crippen molar-refractivity contribution >= 4 is 26.7 Å². The number of fused-ring (bicyclic) bond motifs is 1. The summed E-state index contributed by atoms with van der Waals surface area (Å²) in [4.78, 5) is 18.9. The molecule has 1 aliphatic rings. The molecule has 146 valence electrons. The Morgan fingerprint density at radius 1 is 1.15 bits per heavy atom. The van der Waals surface area contributed by atoms with Crippen molar-refractivity contribution in [3.63, 3.8) is 0 Å². The van der Waals surface area contributed by atoms with Gasteiger partial charge in [-0.1, -0.05) is 31.9 Å². The second-order valence-corrected chi connectivity index (χ2v) is 8.89. The molecular formula is C20H27N3O3S. The van der Waals surface area contributed by atoms with Gasteiger partial charge in [0.25, 0.3) is 0 Å². The van der Waals surface area contributed by atoms with Crippen LogP contribution in [0, 0.1) is 0 Å². The highest BCUT2D eigenvalue weighted by molar-refractivity contribution is 7.89. The molecule has 0 spiro atoms. The summed E-state index contributed by atoms with van der Waals surface area (Å²) in [6.45, 7) is 3.59. The maximum Gasteiger partial charge on any atom is 0.244 e. The van der Waals surface area contributed by atoms with Gasteiger partial charge in [-0.25, -0.2) is 8.42 Å². The molecule has 1 aliphatic heterocycles. The van der Waals surface area contributed by atoms with E-state index in [0.717, 1.165) is 44.2 Å². The van der Waals surface area contributed by atoms with E-state index in [0.29, 0.717) is 18.4 Å². The Labute approximate surface area is 161 Å². The quantitative estimate of drug-likeness (QED) is 0.761. The Kier molecular flexibility index (Phi) is 6.44. The van der Waals surface area contributed by atoms with Crippen LogP contribution in [0.2, 0.25) is 0 Å². The summed E-state index contributed by atoms with van der Waals surface area (Å²) in [5.41, 5.74) is 0. The van der Waals surface area contributed by atoms with Crippen molar-refractivity contribution in [2.24, 2.45) is 0 Å². The summed E-state index contributed by atoms with van der Waals surface area (Å²) in [6, 6.07) is 6.88. The fourth-order valence-corrected chi connectivity index (χ4v) is 5.26. The number of aromatic nitrogens is 1. The van der Waals surface area contributed by atoms with Crippen LogP contribution in [-0.2, 0) is 14.8 Å². The standard InChI is InChI=1S/C20H27N3O3S/c1-2-12-23(16-20(24)22-13-5-3-4-6-14-22)27(25,26)19-9-7-8-17-15-21-11-10-18(17)19/h7-11,15H,2-6,12-14,16H2,1H3. The van der Waals surface area contributed by atoms with Crippen LogP contribution in [-0.4, -0.2) is 54.7 Å². The summed E-state index contributed by atoms with van der Waals surface area (Å²) in [5.74, 6) is -0.101. The van der Waals surface area contributed by atoms with Crippen molar-refractivity contribution in [2.45, 2.75) is 43.9 Å². The molecule has 0 radical (unpaired) electrons. The first-order valence-electron chi connectivity index (χ1n) is 9.64. The van der Waals surface area contributed by atoms with Crippen LogP contribution in [0.4, 0.5) is 0 Å². The molecule has 0 unspecified atom stereocenters. The van der Waals surface area contributed by atoms with Crippen molar-refractivity contribution in [3.8, 4) is 0 Å². The minimum atomic E-state index is -3.77. The summed E-state index contributed by atoms with van der Waals surface area (Å²) < 4.78 is 28.0. The van der Waals surface area contributed by atoms with Gasteiger partial charge in [-0.3, -0.25) is 9.78 Å².